The van der Waals surface area contributed by atoms with E-state index < -0.39 is 6.17 Å². The molecule has 0 saturated carbocycles. The molecule has 0 amide bonds. The van der Waals surface area contributed by atoms with Crippen LogP contribution >= 0.6 is 23.2 Å². The zero-order chi connectivity index (χ0) is 17.3. The molecule has 0 spiro atoms. The Morgan fingerprint density at radius 2 is 2.21 bits per heavy atom. The van der Waals surface area contributed by atoms with Gasteiger partial charge < -0.3 is 9.73 Å². The van der Waals surface area contributed by atoms with Gasteiger partial charge in [0.1, 0.15) is 10.9 Å². The van der Waals surface area contributed by atoms with Gasteiger partial charge in [-0.2, -0.15) is 5.10 Å². The molecular formula is C17H18Cl2FN3O. The van der Waals surface area contributed by atoms with Crippen molar-refractivity contribution in [1.29, 1.82) is 0 Å². The maximum absolute atomic E-state index is 13.2. The molecule has 7 heteroatoms. The quantitative estimate of drug-likeness (QED) is 0.628. The topological polar surface area (TPSA) is 42.5 Å². The number of halogens is 3. The van der Waals surface area contributed by atoms with E-state index in [1.165, 1.54) is 0 Å². The molecule has 0 saturated heterocycles. The first kappa shape index (κ1) is 17.1. The van der Waals surface area contributed by atoms with E-state index in [2.05, 4.69) is 10.4 Å². The fraction of sp³-hybridized carbons (Fsp3) is 0.353. The van der Waals surface area contributed by atoms with Crippen LogP contribution in [0.1, 0.15) is 30.2 Å². The van der Waals surface area contributed by atoms with Crippen LogP contribution in [0.5, 0.6) is 0 Å². The molecule has 4 nitrogen and oxygen atoms in total. The first-order valence-corrected chi connectivity index (χ1v) is 8.49. The third-order valence-electron chi connectivity index (χ3n) is 3.99. The molecule has 1 unspecified atom stereocenters. The van der Waals surface area contributed by atoms with Gasteiger partial charge in [-0.15, -0.1) is 0 Å². The fourth-order valence-electron chi connectivity index (χ4n) is 2.77. The Kier molecular flexibility index (Phi) is 5.01. The van der Waals surface area contributed by atoms with Crippen molar-refractivity contribution in [2.75, 3.05) is 5.32 Å². The monoisotopic (exact) mass is 369 g/mol. The zero-order valence-corrected chi connectivity index (χ0v) is 15.0. The van der Waals surface area contributed by atoms with Gasteiger partial charge in [0.25, 0.3) is 0 Å². The average Bonchev–Trinajstić information content (AvgIpc) is 3.12. The van der Waals surface area contributed by atoms with Crippen LogP contribution in [0.15, 0.2) is 28.9 Å². The summed E-state index contributed by atoms with van der Waals surface area (Å²) in [4.78, 5) is 0. The van der Waals surface area contributed by atoms with Gasteiger partial charge in [-0.3, -0.25) is 0 Å². The van der Waals surface area contributed by atoms with Gasteiger partial charge in [-0.05, 0) is 49.9 Å². The summed E-state index contributed by atoms with van der Waals surface area (Å²) >= 11 is 12.6. The minimum Gasteiger partial charge on any atom is -0.467 e. The van der Waals surface area contributed by atoms with Crippen molar-refractivity contribution in [3.8, 4) is 0 Å². The molecule has 1 atom stereocenters. The zero-order valence-electron chi connectivity index (χ0n) is 13.4. The molecule has 24 heavy (non-hydrogen) atoms. The van der Waals surface area contributed by atoms with Crippen LogP contribution in [0.4, 0.5) is 10.1 Å². The number of hydrogen-bond acceptors (Lipinski definition) is 3. The molecule has 3 aromatic rings. The van der Waals surface area contributed by atoms with E-state index in [4.69, 9.17) is 27.6 Å². The average molecular weight is 370 g/mol. The lowest BCUT2D eigenvalue weighted by Crippen LogP contribution is -2.03. The second-order valence-corrected chi connectivity index (χ2v) is 6.53. The van der Waals surface area contributed by atoms with Gasteiger partial charge in [-0.25, -0.2) is 8.91 Å². The molecule has 0 fully saturated rings. The SMILES string of the molecule is Cc1c(CCC(C)F)c(Cl)n2nc(Cl)cc(NCc3ccco3)c12. The Labute approximate surface area is 149 Å². The van der Waals surface area contributed by atoms with Crippen molar-refractivity contribution in [2.45, 2.75) is 39.4 Å². The molecule has 0 radical (unpaired) electrons. The van der Waals surface area contributed by atoms with Crippen LogP contribution in [0.2, 0.25) is 10.3 Å². The van der Waals surface area contributed by atoms with Crippen LogP contribution in [0, 0.1) is 6.92 Å². The Bertz CT molecular complexity index is 844. The minimum atomic E-state index is -0.878. The van der Waals surface area contributed by atoms with Crippen molar-refractivity contribution >= 4 is 34.4 Å². The highest BCUT2D eigenvalue weighted by atomic mass is 35.5. The van der Waals surface area contributed by atoms with Gasteiger partial charge in [0, 0.05) is 6.07 Å². The largest absolute Gasteiger partial charge is 0.467 e. The van der Waals surface area contributed by atoms with E-state index in [1.54, 1.807) is 23.8 Å². The van der Waals surface area contributed by atoms with Crippen molar-refractivity contribution in [2.24, 2.45) is 0 Å². The number of alkyl halides is 1. The maximum Gasteiger partial charge on any atom is 0.152 e. The number of nitrogens with zero attached hydrogens (tertiary/aromatic N) is 2. The first-order chi connectivity index (χ1) is 11.5. The van der Waals surface area contributed by atoms with E-state index in [-0.39, 0.29) is 0 Å². The smallest absolute Gasteiger partial charge is 0.152 e. The molecule has 3 rings (SSSR count). The number of furan rings is 1. The molecular weight excluding hydrogens is 352 g/mol. The van der Waals surface area contributed by atoms with Gasteiger partial charge in [0.2, 0.25) is 0 Å². The summed E-state index contributed by atoms with van der Waals surface area (Å²) in [5.74, 6) is 0.808. The number of aromatic nitrogens is 2. The lowest BCUT2D eigenvalue weighted by Gasteiger charge is -2.09. The Hall–Kier alpha value is -1.72. The van der Waals surface area contributed by atoms with E-state index in [0.717, 1.165) is 28.1 Å². The number of nitrogens with one attached hydrogen (secondary N) is 1. The number of aryl methyl sites for hydroxylation is 1. The third kappa shape index (κ3) is 3.37. The summed E-state index contributed by atoms with van der Waals surface area (Å²) in [6.07, 6.45) is 1.72. The number of fused-ring (bicyclic) bond motifs is 1. The fourth-order valence-corrected chi connectivity index (χ4v) is 3.31. The summed E-state index contributed by atoms with van der Waals surface area (Å²) in [6, 6.07) is 5.48. The summed E-state index contributed by atoms with van der Waals surface area (Å²) in [5, 5.41) is 8.39. The van der Waals surface area contributed by atoms with Crippen LogP contribution in [0.3, 0.4) is 0 Å². The predicted octanol–water partition coefficient (Wildman–Crippen LogP) is 5.45. The van der Waals surface area contributed by atoms with Crippen molar-refractivity contribution in [1.82, 2.24) is 9.61 Å². The molecule has 0 aliphatic heterocycles. The number of hydrogen-bond donors (Lipinski definition) is 1. The molecule has 3 heterocycles. The summed E-state index contributed by atoms with van der Waals surface area (Å²) < 4.78 is 20.2. The second-order valence-electron chi connectivity index (χ2n) is 5.79. The number of anilines is 1. The molecule has 128 valence electrons. The Morgan fingerprint density at radius 1 is 1.42 bits per heavy atom. The molecule has 3 aromatic heterocycles. The summed E-state index contributed by atoms with van der Waals surface area (Å²) in [6.45, 7) is 4.03. The lowest BCUT2D eigenvalue weighted by molar-refractivity contribution is 0.341. The molecule has 0 aromatic carbocycles. The Morgan fingerprint density at radius 3 is 2.88 bits per heavy atom. The Balaban J connectivity index is 2.00. The normalized spacial score (nSPS) is 12.7. The van der Waals surface area contributed by atoms with E-state index in [9.17, 15) is 4.39 Å². The predicted molar refractivity (Wildman–Crippen MR) is 94.9 cm³/mol. The molecule has 0 aliphatic carbocycles. The third-order valence-corrected chi connectivity index (χ3v) is 4.57. The van der Waals surface area contributed by atoms with Gasteiger partial charge in [-0.1, -0.05) is 23.2 Å². The van der Waals surface area contributed by atoms with Crippen molar-refractivity contribution in [3.63, 3.8) is 0 Å². The minimum absolute atomic E-state index is 0.326. The van der Waals surface area contributed by atoms with Crippen LogP contribution in [-0.4, -0.2) is 15.8 Å². The van der Waals surface area contributed by atoms with Crippen molar-refractivity contribution in [3.05, 3.63) is 51.7 Å². The summed E-state index contributed by atoms with van der Waals surface area (Å²) in [7, 11) is 0. The standard InChI is InChI=1S/C17H18Cl2FN3O/c1-10(20)5-6-13-11(2)16-14(21-9-12-4-3-7-24-12)8-15(18)22-23(16)17(13)19/h3-4,7-8,10,21H,5-6,9H2,1-2H3. The van der Waals surface area contributed by atoms with Gasteiger partial charge >= 0.3 is 0 Å². The maximum atomic E-state index is 13.2. The first-order valence-electron chi connectivity index (χ1n) is 7.74. The lowest BCUT2D eigenvalue weighted by atomic mass is 10.1. The van der Waals surface area contributed by atoms with Crippen LogP contribution in [0.25, 0.3) is 5.52 Å². The van der Waals surface area contributed by atoms with E-state index in [1.807, 2.05) is 19.1 Å². The van der Waals surface area contributed by atoms with Crippen LogP contribution < -0.4 is 5.32 Å². The van der Waals surface area contributed by atoms with Crippen molar-refractivity contribution < 1.29 is 8.81 Å². The second kappa shape index (κ2) is 7.03. The van der Waals surface area contributed by atoms with Crippen LogP contribution in [-0.2, 0) is 13.0 Å². The van der Waals surface area contributed by atoms with E-state index >= 15 is 0 Å². The van der Waals surface area contributed by atoms with Gasteiger partial charge in [0.05, 0.1) is 30.2 Å². The van der Waals surface area contributed by atoms with Gasteiger partial charge in [0.15, 0.2) is 5.15 Å². The molecule has 1 N–H and O–H groups in total. The number of rotatable bonds is 6. The highest BCUT2D eigenvalue weighted by Gasteiger charge is 2.19. The molecule has 0 aliphatic rings. The highest BCUT2D eigenvalue weighted by molar-refractivity contribution is 6.32. The molecule has 0 bridgehead atoms. The summed E-state index contributed by atoms with van der Waals surface area (Å²) in [5.41, 5.74) is 3.53. The van der Waals surface area contributed by atoms with E-state index in [0.29, 0.717) is 29.7 Å². The highest BCUT2D eigenvalue weighted by Crippen LogP contribution is 2.33.